The van der Waals surface area contributed by atoms with Gasteiger partial charge in [0, 0.05) is 12.7 Å². The van der Waals surface area contributed by atoms with Gasteiger partial charge in [-0.15, -0.1) is 0 Å². The zero-order valence-corrected chi connectivity index (χ0v) is 10.9. The number of aromatic nitrogens is 2. The zero-order valence-electron chi connectivity index (χ0n) is 10.9. The van der Waals surface area contributed by atoms with Gasteiger partial charge in [-0.25, -0.2) is 4.39 Å². The number of hydrogen-bond donors (Lipinski definition) is 1. The van der Waals surface area contributed by atoms with Gasteiger partial charge in [-0.1, -0.05) is 19.1 Å². The SMILES string of the molecule is CCNC(c1cccc(F)c1)c1cc(C)n(C)n1. The highest BCUT2D eigenvalue weighted by molar-refractivity contribution is 5.29. The Balaban J connectivity index is 2.39. The average Bonchev–Trinajstić information content (AvgIpc) is 2.66. The fourth-order valence-corrected chi connectivity index (χ4v) is 2.01. The number of rotatable bonds is 4. The van der Waals surface area contributed by atoms with Crippen molar-refractivity contribution in [3.63, 3.8) is 0 Å². The van der Waals surface area contributed by atoms with E-state index in [1.54, 1.807) is 12.1 Å². The summed E-state index contributed by atoms with van der Waals surface area (Å²) in [7, 11) is 1.91. The highest BCUT2D eigenvalue weighted by Gasteiger charge is 2.17. The molecule has 0 saturated heterocycles. The summed E-state index contributed by atoms with van der Waals surface area (Å²) in [6.07, 6.45) is 0. The van der Waals surface area contributed by atoms with E-state index < -0.39 is 0 Å². The van der Waals surface area contributed by atoms with Crippen LogP contribution in [-0.4, -0.2) is 16.3 Å². The maximum absolute atomic E-state index is 13.3. The molecule has 0 aliphatic heterocycles. The van der Waals surface area contributed by atoms with Crippen molar-refractivity contribution < 1.29 is 4.39 Å². The second-order valence-corrected chi connectivity index (χ2v) is 4.38. The molecule has 0 fully saturated rings. The zero-order chi connectivity index (χ0) is 13.1. The summed E-state index contributed by atoms with van der Waals surface area (Å²) < 4.78 is 15.1. The molecular formula is C14H18FN3. The average molecular weight is 247 g/mol. The van der Waals surface area contributed by atoms with E-state index in [1.807, 2.05) is 37.7 Å². The first-order chi connectivity index (χ1) is 8.61. The summed E-state index contributed by atoms with van der Waals surface area (Å²) in [5, 5.41) is 7.81. The molecule has 2 rings (SSSR count). The summed E-state index contributed by atoms with van der Waals surface area (Å²) >= 11 is 0. The third-order valence-electron chi connectivity index (χ3n) is 3.02. The standard InChI is InChI=1S/C14H18FN3/c1-4-16-14(11-6-5-7-12(15)9-11)13-8-10(2)18(3)17-13/h5-9,14,16H,4H2,1-3H3. The van der Waals surface area contributed by atoms with Crippen molar-refractivity contribution >= 4 is 0 Å². The van der Waals surface area contributed by atoms with Gasteiger partial charge in [0.2, 0.25) is 0 Å². The third-order valence-corrected chi connectivity index (χ3v) is 3.02. The van der Waals surface area contributed by atoms with Crippen LogP contribution in [-0.2, 0) is 7.05 Å². The van der Waals surface area contributed by atoms with Crippen molar-refractivity contribution in [2.75, 3.05) is 6.54 Å². The highest BCUT2D eigenvalue weighted by atomic mass is 19.1. The lowest BCUT2D eigenvalue weighted by Crippen LogP contribution is -2.22. The van der Waals surface area contributed by atoms with Crippen molar-refractivity contribution in [2.45, 2.75) is 19.9 Å². The van der Waals surface area contributed by atoms with Crippen LogP contribution >= 0.6 is 0 Å². The number of benzene rings is 1. The van der Waals surface area contributed by atoms with Crippen LogP contribution in [0.2, 0.25) is 0 Å². The van der Waals surface area contributed by atoms with E-state index in [0.717, 1.165) is 23.5 Å². The van der Waals surface area contributed by atoms with Crippen molar-refractivity contribution in [3.05, 3.63) is 53.1 Å². The Hall–Kier alpha value is -1.68. The summed E-state index contributed by atoms with van der Waals surface area (Å²) in [6.45, 7) is 4.84. The van der Waals surface area contributed by atoms with Crippen molar-refractivity contribution in [3.8, 4) is 0 Å². The highest BCUT2D eigenvalue weighted by Crippen LogP contribution is 2.22. The summed E-state index contributed by atoms with van der Waals surface area (Å²) in [5.74, 6) is -0.219. The molecule has 1 aromatic carbocycles. The minimum Gasteiger partial charge on any atom is -0.305 e. The number of hydrogen-bond acceptors (Lipinski definition) is 2. The Labute approximate surface area is 107 Å². The monoisotopic (exact) mass is 247 g/mol. The van der Waals surface area contributed by atoms with Crippen LogP contribution in [0.4, 0.5) is 4.39 Å². The van der Waals surface area contributed by atoms with Crippen LogP contribution < -0.4 is 5.32 Å². The van der Waals surface area contributed by atoms with E-state index in [0.29, 0.717) is 0 Å². The lowest BCUT2D eigenvalue weighted by Gasteiger charge is -2.16. The largest absolute Gasteiger partial charge is 0.305 e. The van der Waals surface area contributed by atoms with Gasteiger partial charge in [-0.3, -0.25) is 4.68 Å². The smallest absolute Gasteiger partial charge is 0.123 e. The van der Waals surface area contributed by atoms with E-state index in [4.69, 9.17) is 0 Å². The molecule has 1 N–H and O–H groups in total. The van der Waals surface area contributed by atoms with E-state index in [-0.39, 0.29) is 11.9 Å². The predicted octanol–water partition coefficient (Wildman–Crippen LogP) is 2.57. The van der Waals surface area contributed by atoms with Gasteiger partial charge < -0.3 is 5.32 Å². The molecule has 1 unspecified atom stereocenters. The van der Waals surface area contributed by atoms with Gasteiger partial charge in [-0.05, 0) is 37.2 Å². The topological polar surface area (TPSA) is 29.9 Å². The van der Waals surface area contributed by atoms with Crippen LogP contribution in [0, 0.1) is 12.7 Å². The lowest BCUT2D eigenvalue weighted by atomic mass is 10.0. The van der Waals surface area contributed by atoms with Gasteiger partial charge in [0.05, 0.1) is 11.7 Å². The normalized spacial score (nSPS) is 12.7. The summed E-state index contributed by atoms with van der Waals surface area (Å²) in [4.78, 5) is 0. The second kappa shape index (κ2) is 5.31. The maximum atomic E-state index is 13.3. The number of nitrogens with zero attached hydrogens (tertiary/aromatic N) is 2. The third kappa shape index (κ3) is 2.59. The van der Waals surface area contributed by atoms with Crippen LogP contribution in [0.3, 0.4) is 0 Å². The Kier molecular flexibility index (Phi) is 3.77. The first-order valence-corrected chi connectivity index (χ1v) is 6.11. The molecule has 1 aromatic heterocycles. The predicted molar refractivity (Wildman–Crippen MR) is 69.9 cm³/mol. The van der Waals surface area contributed by atoms with E-state index in [9.17, 15) is 4.39 Å². The van der Waals surface area contributed by atoms with Gasteiger partial charge in [0.1, 0.15) is 5.82 Å². The molecule has 0 amide bonds. The minimum atomic E-state index is -0.219. The van der Waals surface area contributed by atoms with E-state index in [1.165, 1.54) is 6.07 Å². The molecule has 1 heterocycles. The van der Waals surface area contributed by atoms with Gasteiger partial charge >= 0.3 is 0 Å². The lowest BCUT2D eigenvalue weighted by molar-refractivity contribution is 0.585. The van der Waals surface area contributed by atoms with E-state index >= 15 is 0 Å². The Morgan fingerprint density at radius 1 is 1.39 bits per heavy atom. The molecule has 96 valence electrons. The second-order valence-electron chi connectivity index (χ2n) is 4.38. The molecule has 0 radical (unpaired) electrons. The summed E-state index contributed by atoms with van der Waals surface area (Å²) in [6, 6.07) is 8.61. The van der Waals surface area contributed by atoms with Crippen LogP contribution in [0.15, 0.2) is 30.3 Å². The van der Waals surface area contributed by atoms with Gasteiger partial charge in [0.15, 0.2) is 0 Å². The van der Waals surface area contributed by atoms with Crippen molar-refractivity contribution in [2.24, 2.45) is 7.05 Å². The van der Waals surface area contributed by atoms with Gasteiger partial charge in [0.25, 0.3) is 0 Å². The first-order valence-electron chi connectivity index (χ1n) is 6.11. The van der Waals surface area contributed by atoms with Crippen LogP contribution in [0.1, 0.15) is 29.9 Å². The Morgan fingerprint density at radius 3 is 2.72 bits per heavy atom. The summed E-state index contributed by atoms with van der Waals surface area (Å²) in [5.41, 5.74) is 2.90. The molecule has 2 aromatic rings. The maximum Gasteiger partial charge on any atom is 0.123 e. The minimum absolute atomic E-state index is 0.0643. The molecular weight excluding hydrogens is 229 g/mol. The van der Waals surface area contributed by atoms with Gasteiger partial charge in [-0.2, -0.15) is 5.10 Å². The molecule has 4 heteroatoms. The molecule has 0 bridgehead atoms. The fraction of sp³-hybridized carbons (Fsp3) is 0.357. The molecule has 0 aliphatic rings. The first kappa shape index (κ1) is 12.8. The van der Waals surface area contributed by atoms with Crippen LogP contribution in [0.5, 0.6) is 0 Å². The molecule has 3 nitrogen and oxygen atoms in total. The fourth-order valence-electron chi connectivity index (χ4n) is 2.01. The van der Waals surface area contributed by atoms with Crippen molar-refractivity contribution in [1.29, 1.82) is 0 Å². The number of aryl methyl sites for hydroxylation is 2. The molecule has 0 saturated carbocycles. The molecule has 18 heavy (non-hydrogen) atoms. The van der Waals surface area contributed by atoms with Crippen LogP contribution in [0.25, 0.3) is 0 Å². The van der Waals surface area contributed by atoms with E-state index in [2.05, 4.69) is 10.4 Å². The molecule has 0 aliphatic carbocycles. The Morgan fingerprint density at radius 2 is 2.17 bits per heavy atom. The molecule has 1 atom stereocenters. The quantitative estimate of drug-likeness (QED) is 0.900. The molecule has 0 spiro atoms. The number of nitrogens with one attached hydrogen (secondary N) is 1. The van der Waals surface area contributed by atoms with Crippen molar-refractivity contribution in [1.82, 2.24) is 15.1 Å². The Bertz CT molecular complexity index is 514. The number of halogens is 1.